The van der Waals surface area contributed by atoms with Crippen LogP contribution >= 0.6 is 0 Å². The number of fused-ring (bicyclic) bond motifs is 1. The van der Waals surface area contributed by atoms with Crippen LogP contribution in [0.1, 0.15) is 34.6 Å². The van der Waals surface area contributed by atoms with Gasteiger partial charge < -0.3 is 14.8 Å². The number of likely N-dealkylation sites (tertiary alicyclic amines) is 1. The van der Waals surface area contributed by atoms with Crippen molar-refractivity contribution >= 4 is 11.8 Å². The van der Waals surface area contributed by atoms with Gasteiger partial charge in [0, 0.05) is 30.7 Å². The van der Waals surface area contributed by atoms with Gasteiger partial charge in [-0.3, -0.25) is 9.59 Å². The molecule has 1 N–H and O–H groups in total. The van der Waals surface area contributed by atoms with Gasteiger partial charge in [-0.2, -0.15) is 0 Å². The second kappa shape index (κ2) is 6.02. The highest BCUT2D eigenvalue weighted by molar-refractivity contribution is 5.97. The zero-order valence-electron chi connectivity index (χ0n) is 14.5. The number of rotatable bonds is 2. The van der Waals surface area contributed by atoms with E-state index in [9.17, 15) is 9.59 Å². The van der Waals surface area contributed by atoms with Crippen LogP contribution in [0.2, 0.25) is 0 Å². The number of aromatic nitrogens is 2. The van der Waals surface area contributed by atoms with E-state index in [0.29, 0.717) is 18.7 Å². The lowest BCUT2D eigenvalue weighted by Crippen LogP contribution is -2.48. The quantitative estimate of drug-likeness (QED) is 0.908. The Balaban J connectivity index is 1.68. The molecule has 0 saturated carbocycles. The fourth-order valence-corrected chi connectivity index (χ4v) is 4.18. The summed E-state index contributed by atoms with van der Waals surface area (Å²) in [5.74, 6) is 0.852. The molecule has 4 heterocycles. The van der Waals surface area contributed by atoms with Crippen LogP contribution in [0, 0.1) is 19.8 Å². The van der Waals surface area contributed by atoms with Crippen LogP contribution in [0.25, 0.3) is 5.82 Å². The summed E-state index contributed by atoms with van der Waals surface area (Å²) in [6.07, 6.45) is 3.49. The highest BCUT2D eigenvalue weighted by Gasteiger charge is 2.43. The fourth-order valence-electron chi connectivity index (χ4n) is 4.18. The van der Waals surface area contributed by atoms with Crippen LogP contribution in [0.5, 0.6) is 0 Å². The van der Waals surface area contributed by atoms with Gasteiger partial charge in [0.15, 0.2) is 0 Å². The van der Waals surface area contributed by atoms with Gasteiger partial charge in [0.25, 0.3) is 5.91 Å². The number of pyridine rings is 1. The van der Waals surface area contributed by atoms with Gasteiger partial charge in [0.1, 0.15) is 5.82 Å². The maximum absolute atomic E-state index is 13.2. The average molecular weight is 338 g/mol. The molecule has 0 aromatic carbocycles. The number of hydrogen-bond acceptors (Lipinski definition) is 3. The Hall–Kier alpha value is -2.63. The van der Waals surface area contributed by atoms with Gasteiger partial charge in [-0.15, -0.1) is 0 Å². The largest absolute Gasteiger partial charge is 0.354 e. The zero-order valence-corrected chi connectivity index (χ0v) is 14.5. The molecule has 0 spiro atoms. The van der Waals surface area contributed by atoms with E-state index in [1.54, 1.807) is 6.20 Å². The molecule has 0 unspecified atom stereocenters. The van der Waals surface area contributed by atoms with E-state index in [0.717, 1.165) is 30.0 Å². The summed E-state index contributed by atoms with van der Waals surface area (Å²) < 4.78 is 2.01. The normalized spacial score (nSPS) is 22.6. The maximum Gasteiger partial charge on any atom is 0.256 e. The molecule has 2 fully saturated rings. The van der Waals surface area contributed by atoms with Crippen molar-refractivity contribution < 1.29 is 9.59 Å². The van der Waals surface area contributed by atoms with Crippen molar-refractivity contribution in [1.82, 2.24) is 19.8 Å². The Morgan fingerprint density at radius 1 is 1.32 bits per heavy atom. The molecule has 0 aliphatic carbocycles. The Kier molecular flexibility index (Phi) is 3.82. The van der Waals surface area contributed by atoms with Crippen LogP contribution < -0.4 is 5.32 Å². The minimum atomic E-state index is -0.0584. The zero-order chi connectivity index (χ0) is 17.6. The second-order valence-corrected chi connectivity index (χ2v) is 6.87. The number of amides is 2. The third kappa shape index (κ3) is 2.52. The molecular weight excluding hydrogens is 316 g/mol. The van der Waals surface area contributed by atoms with E-state index in [2.05, 4.69) is 10.3 Å². The van der Waals surface area contributed by atoms with Gasteiger partial charge in [-0.25, -0.2) is 4.98 Å². The second-order valence-electron chi connectivity index (χ2n) is 6.87. The van der Waals surface area contributed by atoms with Gasteiger partial charge in [0.2, 0.25) is 5.91 Å². The number of carbonyl (C=O) groups is 2. The van der Waals surface area contributed by atoms with Crippen molar-refractivity contribution in [1.29, 1.82) is 0 Å². The number of carbonyl (C=O) groups excluding carboxylic acids is 2. The highest BCUT2D eigenvalue weighted by atomic mass is 16.2. The molecule has 0 radical (unpaired) electrons. The Labute approximate surface area is 146 Å². The third-order valence-corrected chi connectivity index (χ3v) is 5.40. The molecular formula is C19H22N4O2. The Morgan fingerprint density at radius 3 is 2.92 bits per heavy atom. The molecule has 2 atom stereocenters. The number of aryl methyl sites for hydroxylation is 1. The molecule has 2 aliphatic heterocycles. The topological polar surface area (TPSA) is 67.2 Å². The molecule has 2 aromatic rings. The molecule has 2 aromatic heterocycles. The summed E-state index contributed by atoms with van der Waals surface area (Å²) in [7, 11) is 0. The number of piperidine rings is 1. The minimum absolute atomic E-state index is 0.0153. The molecule has 25 heavy (non-hydrogen) atoms. The summed E-state index contributed by atoms with van der Waals surface area (Å²) in [5, 5.41) is 2.91. The predicted octanol–water partition coefficient (Wildman–Crippen LogP) is 1.84. The first-order valence-electron chi connectivity index (χ1n) is 8.77. The van der Waals surface area contributed by atoms with E-state index in [-0.39, 0.29) is 23.8 Å². The van der Waals surface area contributed by atoms with E-state index in [1.807, 2.05) is 47.6 Å². The first kappa shape index (κ1) is 15.9. The molecule has 4 rings (SSSR count). The van der Waals surface area contributed by atoms with Crippen molar-refractivity contribution in [2.75, 3.05) is 13.1 Å². The van der Waals surface area contributed by atoms with E-state index >= 15 is 0 Å². The number of hydrogen-bond donors (Lipinski definition) is 1. The first-order chi connectivity index (χ1) is 12.1. The Bertz CT molecular complexity index is 827. The molecule has 0 bridgehead atoms. The number of nitrogens with zero attached hydrogens (tertiary/aromatic N) is 3. The Morgan fingerprint density at radius 2 is 2.16 bits per heavy atom. The van der Waals surface area contributed by atoms with Crippen LogP contribution in [-0.2, 0) is 4.79 Å². The maximum atomic E-state index is 13.2. The SMILES string of the molecule is Cc1cc(C(=O)N2CCC[C@H]3C(=O)NC[C@H]32)c(C)n1-c1ccccn1. The van der Waals surface area contributed by atoms with E-state index in [1.165, 1.54) is 0 Å². The molecule has 6 nitrogen and oxygen atoms in total. The van der Waals surface area contributed by atoms with Gasteiger partial charge in [-0.1, -0.05) is 6.07 Å². The molecule has 6 heteroatoms. The smallest absolute Gasteiger partial charge is 0.256 e. The van der Waals surface area contributed by atoms with Crippen LogP contribution in [0.3, 0.4) is 0 Å². The van der Waals surface area contributed by atoms with Gasteiger partial charge in [-0.05, 0) is 44.9 Å². The van der Waals surface area contributed by atoms with Crippen molar-refractivity contribution in [3.05, 3.63) is 47.4 Å². The summed E-state index contributed by atoms with van der Waals surface area (Å²) in [5.41, 5.74) is 2.57. The van der Waals surface area contributed by atoms with Crippen molar-refractivity contribution in [3.8, 4) is 5.82 Å². The monoisotopic (exact) mass is 338 g/mol. The summed E-state index contributed by atoms with van der Waals surface area (Å²) in [6.45, 7) is 5.21. The van der Waals surface area contributed by atoms with Crippen molar-refractivity contribution in [2.24, 2.45) is 5.92 Å². The standard InChI is InChI=1S/C19H22N4O2/c1-12-10-15(13(2)23(12)17-7-3-4-8-20-17)19(25)22-9-5-6-14-16(22)11-21-18(14)24/h3-4,7-8,10,14,16H,5-6,9,11H2,1-2H3,(H,21,24)/t14-,16-/m1/s1. The lowest BCUT2D eigenvalue weighted by atomic mass is 9.91. The van der Waals surface area contributed by atoms with E-state index < -0.39 is 0 Å². The summed E-state index contributed by atoms with van der Waals surface area (Å²) >= 11 is 0. The van der Waals surface area contributed by atoms with Crippen LogP contribution in [0.4, 0.5) is 0 Å². The molecule has 2 saturated heterocycles. The average Bonchev–Trinajstić information content (AvgIpc) is 3.15. The summed E-state index contributed by atoms with van der Waals surface area (Å²) in [4.78, 5) is 31.5. The lowest BCUT2D eigenvalue weighted by Gasteiger charge is -2.36. The molecule has 130 valence electrons. The third-order valence-electron chi connectivity index (χ3n) is 5.40. The van der Waals surface area contributed by atoms with Gasteiger partial charge in [0.05, 0.1) is 17.5 Å². The van der Waals surface area contributed by atoms with Crippen LogP contribution in [0.15, 0.2) is 30.5 Å². The van der Waals surface area contributed by atoms with Crippen LogP contribution in [-0.4, -0.2) is 45.4 Å². The van der Waals surface area contributed by atoms with Crippen molar-refractivity contribution in [3.63, 3.8) is 0 Å². The highest BCUT2D eigenvalue weighted by Crippen LogP contribution is 2.30. The number of nitrogens with one attached hydrogen (secondary N) is 1. The minimum Gasteiger partial charge on any atom is -0.354 e. The van der Waals surface area contributed by atoms with Crippen molar-refractivity contribution in [2.45, 2.75) is 32.7 Å². The van der Waals surface area contributed by atoms with Gasteiger partial charge >= 0.3 is 0 Å². The fraction of sp³-hybridized carbons (Fsp3) is 0.421. The molecule has 2 aliphatic rings. The predicted molar refractivity (Wildman–Crippen MR) is 93.6 cm³/mol. The first-order valence-corrected chi connectivity index (χ1v) is 8.77. The summed E-state index contributed by atoms with van der Waals surface area (Å²) in [6, 6.07) is 7.66. The lowest BCUT2D eigenvalue weighted by molar-refractivity contribution is -0.123. The molecule has 2 amide bonds. The van der Waals surface area contributed by atoms with E-state index in [4.69, 9.17) is 0 Å².